The maximum Gasteiger partial charge on any atom is 0.407 e. The van der Waals surface area contributed by atoms with Gasteiger partial charge >= 0.3 is 6.09 Å². The molecule has 0 spiro atoms. The number of hydrogen-bond acceptors (Lipinski definition) is 5. The molecule has 2 amide bonds. The highest BCUT2D eigenvalue weighted by Crippen LogP contribution is 2.30. The fourth-order valence-electron chi connectivity index (χ4n) is 2.74. The molecule has 1 fully saturated rings. The van der Waals surface area contributed by atoms with Crippen molar-refractivity contribution in [2.24, 2.45) is 0 Å². The minimum absolute atomic E-state index is 0.147. The molecule has 8 heteroatoms. The number of carbonyl (C=O) groups excluding carboxylic acids is 2. The monoisotopic (exact) mass is 396 g/mol. The van der Waals surface area contributed by atoms with Gasteiger partial charge < -0.3 is 25.2 Å². The first-order valence-corrected chi connectivity index (χ1v) is 9.51. The van der Waals surface area contributed by atoms with Crippen LogP contribution < -0.4 is 15.5 Å². The van der Waals surface area contributed by atoms with Gasteiger partial charge in [-0.2, -0.15) is 0 Å². The van der Waals surface area contributed by atoms with Gasteiger partial charge in [-0.25, -0.2) is 4.79 Å². The number of carbonyl (C=O) groups is 2. The van der Waals surface area contributed by atoms with Gasteiger partial charge in [0.25, 0.3) is 0 Å². The largest absolute Gasteiger partial charge is 0.444 e. The molecule has 1 aliphatic rings. The first-order chi connectivity index (χ1) is 12.6. The maximum absolute atomic E-state index is 12.3. The molecule has 0 unspecified atom stereocenters. The van der Waals surface area contributed by atoms with E-state index in [0.717, 1.165) is 31.9 Å². The molecule has 0 atom stereocenters. The number of anilines is 2. The Hall–Kier alpha value is -1.99. The molecule has 0 saturated carbocycles. The molecule has 1 aliphatic heterocycles. The van der Waals surface area contributed by atoms with Gasteiger partial charge in [-0.05, 0) is 46.0 Å². The molecule has 7 nitrogen and oxygen atoms in total. The highest BCUT2D eigenvalue weighted by Gasteiger charge is 2.19. The van der Waals surface area contributed by atoms with E-state index < -0.39 is 11.7 Å². The van der Waals surface area contributed by atoms with Crippen LogP contribution in [0.3, 0.4) is 0 Å². The number of benzene rings is 1. The topological polar surface area (TPSA) is 73.9 Å². The van der Waals surface area contributed by atoms with Crippen LogP contribution in [0, 0.1) is 0 Å². The molecule has 1 heterocycles. The summed E-state index contributed by atoms with van der Waals surface area (Å²) in [5, 5.41) is 6.06. The molecule has 1 saturated heterocycles. The van der Waals surface area contributed by atoms with Crippen molar-refractivity contribution in [2.75, 3.05) is 50.0 Å². The van der Waals surface area contributed by atoms with Gasteiger partial charge in [0.1, 0.15) is 5.60 Å². The number of nitrogens with zero attached hydrogens (tertiary/aromatic N) is 2. The van der Waals surface area contributed by atoms with Crippen molar-refractivity contribution in [1.82, 2.24) is 10.2 Å². The quantitative estimate of drug-likeness (QED) is 0.800. The fourth-order valence-corrected chi connectivity index (χ4v) is 2.91. The standard InChI is InChI=1S/C19H29ClN4O3/c1-19(2,3)27-18(26)21-8-7-17(25)22-15-13-14(20)5-6-16(15)24-11-9-23(4)10-12-24/h5-6,13H,7-12H2,1-4H3,(H,21,26)(H,22,25). The third-order valence-electron chi connectivity index (χ3n) is 4.10. The SMILES string of the molecule is CN1CCN(c2ccc(Cl)cc2NC(=O)CCNC(=O)OC(C)(C)C)CC1. The minimum Gasteiger partial charge on any atom is -0.444 e. The third kappa shape index (κ3) is 7.27. The van der Waals surface area contributed by atoms with Crippen molar-refractivity contribution in [3.63, 3.8) is 0 Å². The zero-order valence-corrected chi connectivity index (χ0v) is 17.2. The second-order valence-electron chi connectivity index (χ2n) is 7.68. The van der Waals surface area contributed by atoms with Crippen LogP contribution in [0.5, 0.6) is 0 Å². The van der Waals surface area contributed by atoms with Gasteiger partial charge in [0, 0.05) is 44.2 Å². The number of alkyl carbamates (subject to hydrolysis) is 1. The van der Waals surface area contributed by atoms with Crippen molar-refractivity contribution >= 4 is 35.0 Å². The smallest absolute Gasteiger partial charge is 0.407 e. The van der Waals surface area contributed by atoms with Gasteiger partial charge in [0.15, 0.2) is 0 Å². The summed E-state index contributed by atoms with van der Waals surface area (Å²) in [4.78, 5) is 28.5. The molecule has 1 aromatic carbocycles. The Morgan fingerprint density at radius 2 is 1.85 bits per heavy atom. The van der Waals surface area contributed by atoms with E-state index in [4.69, 9.17) is 16.3 Å². The number of hydrogen-bond donors (Lipinski definition) is 2. The first kappa shape index (κ1) is 21.3. The van der Waals surface area contributed by atoms with Crippen LogP contribution in [0.25, 0.3) is 0 Å². The summed E-state index contributed by atoms with van der Waals surface area (Å²) in [5.74, 6) is -0.191. The van der Waals surface area contributed by atoms with Crippen LogP contribution in [0.2, 0.25) is 5.02 Å². The van der Waals surface area contributed by atoms with Gasteiger partial charge in [-0.3, -0.25) is 4.79 Å². The fraction of sp³-hybridized carbons (Fsp3) is 0.579. The van der Waals surface area contributed by atoms with E-state index >= 15 is 0 Å². The minimum atomic E-state index is -0.565. The van der Waals surface area contributed by atoms with Crippen LogP contribution >= 0.6 is 11.6 Å². The highest BCUT2D eigenvalue weighted by atomic mass is 35.5. The number of ether oxygens (including phenoxy) is 1. The molecule has 0 aliphatic carbocycles. The molecular weight excluding hydrogens is 368 g/mol. The number of nitrogens with one attached hydrogen (secondary N) is 2. The van der Waals surface area contributed by atoms with Crippen LogP contribution in [-0.4, -0.2) is 62.3 Å². The molecule has 2 rings (SSSR count). The predicted molar refractivity (Wildman–Crippen MR) is 109 cm³/mol. The molecular formula is C19H29ClN4O3. The van der Waals surface area contributed by atoms with Crippen molar-refractivity contribution in [1.29, 1.82) is 0 Å². The number of piperazine rings is 1. The summed E-state index contributed by atoms with van der Waals surface area (Å²) < 4.78 is 5.15. The van der Waals surface area contributed by atoms with Crippen LogP contribution in [-0.2, 0) is 9.53 Å². The van der Waals surface area contributed by atoms with E-state index in [1.807, 2.05) is 12.1 Å². The van der Waals surface area contributed by atoms with Crippen molar-refractivity contribution in [3.8, 4) is 0 Å². The summed E-state index contributed by atoms with van der Waals surface area (Å²) in [6.45, 7) is 9.29. The van der Waals surface area contributed by atoms with Crippen LogP contribution in [0.4, 0.5) is 16.2 Å². The lowest BCUT2D eigenvalue weighted by Crippen LogP contribution is -2.44. The lowest BCUT2D eigenvalue weighted by atomic mass is 10.2. The highest BCUT2D eigenvalue weighted by molar-refractivity contribution is 6.31. The Labute approximate surface area is 166 Å². The van der Waals surface area contributed by atoms with Crippen LogP contribution in [0.15, 0.2) is 18.2 Å². The Morgan fingerprint density at radius 3 is 2.48 bits per heavy atom. The van der Waals surface area contributed by atoms with Gasteiger partial charge in [-0.1, -0.05) is 11.6 Å². The second-order valence-corrected chi connectivity index (χ2v) is 8.12. The van der Waals surface area contributed by atoms with E-state index in [2.05, 4.69) is 27.5 Å². The molecule has 27 heavy (non-hydrogen) atoms. The zero-order valence-electron chi connectivity index (χ0n) is 16.5. The van der Waals surface area contributed by atoms with Crippen molar-refractivity contribution < 1.29 is 14.3 Å². The Balaban J connectivity index is 1.91. The van der Waals surface area contributed by atoms with Gasteiger partial charge in [0.2, 0.25) is 5.91 Å². The van der Waals surface area contributed by atoms with E-state index in [-0.39, 0.29) is 18.9 Å². The molecule has 0 radical (unpaired) electrons. The summed E-state index contributed by atoms with van der Waals surface area (Å²) in [7, 11) is 2.10. The van der Waals surface area contributed by atoms with Gasteiger partial charge in [-0.15, -0.1) is 0 Å². The lowest BCUT2D eigenvalue weighted by molar-refractivity contribution is -0.116. The molecule has 1 aromatic rings. The molecule has 0 bridgehead atoms. The van der Waals surface area contributed by atoms with Crippen LogP contribution in [0.1, 0.15) is 27.2 Å². The predicted octanol–water partition coefficient (Wildman–Crippen LogP) is 2.95. The summed E-state index contributed by atoms with van der Waals surface area (Å²) >= 11 is 6.12. The number of likely N-dealkylation sites (N-methyl/N-ethyl adjacent to an activating group) is 1. The summed E-state index contributed by atoms with van der Waals surface area (Å²) in [6, 6.07) is 5.52. The molecule has 150 valence electrons. The lowest BCUT2D eigenvalue weighted by Gasteiger charge is -2.35. The maximum atomic E-state index is 12.3. The zero-order chi connectivity index (χ0) is 20.0. The van der Waals surface area contributed by atoms with E-state index in [1.165, 1.54) is 0 Å². The number of amides is 2. The summed E-state index contributed by atoms with van der Waals surface area (Å²) in [5.41, 5.74) is 1.08. The first-order valence-electron chi connectivity index (χ1n) is 9.14. The van der Waals surface area contributed by atoms with Crippen molar-refractivity contribution in [2.45, 2.75) is 32.8 Å². The Morgan fingerprint density at radius 1 is 1.19 bits per heavy atom. The average molecular weight is 397 g/mol. The molecule has 2 N–H and O–H groups in total. The molecule has 0 aromatic heterocycles. The Kier molecular flexibility index (Phi) is 7.33. The average Bonchev–Trinajstić information content (AvgIpc) is 2.54. The summed E-state index contributed by atoms with van der Waals surface area (Å²) in [6.07, 6.45) is -0.385. The Bertz CT molecular complexity index is 667. The number of rotatable bonds is 5. The third-order valence-corrected chi connectivity index (χ3v) is 4.33. The number of halogens is 1. The normalized spacial score (nSPS) is 15.4. The second kappa shape index (κ2) is 9.28. The van der Waals surface area contributed by atoms with Gasteiger partial charge in [0.05, 0.1) is 11.4 Å². The van der Waals surface area contributed by atoms with E-state index in [1.54, 1.807) is 26.8 Å². The van der Waals surface area contributed by atoms with Crippen molar-refractivity contribution in [3.05, 3.63) is 23.2 Å². The van der Waals surface area contributed by atoms with E-state index in [9.17, 15) is 9.59 Å². The van der Waals surface area contributed by atoms with E-state index in [0.29, 0.717) is 10.7 Å².